The van der Waals surface area contributed by atoms with Crippen molar-refractivity contribution in [3.05, 3.63) is 57.2 Å². The van der Waals surface area contributed by atoms with Crippen LogP contribution in [0, 0.1) is 21.4 Å². The Morgan fingerprint density at radius 2 is 2.10 bits per heavy atom. The quantitative estimate of drug-likeness (QED) is 0.535. The van der Waals surface area contributed by atoms with Gasteiger partial charge in [-0.2, -0.15) is 5.26 Å². The largest absolute Gasteiger partial charge is 0.282 e. The van der Waals surface area contributed by atoms with Crippen LogP contribution in [-0.4, -0.2) is 19.5 Å². The molecular formula is C13H6ClN5O2. The van der Waals surface area contributed by atoms with Gasteiger partial charge in [0.1, 0.15) is 0 Å². The molecule has 7 nitrogen and oxygen atoms in total. The second kappa shape index (κ2) is 4.85. The van der Waals surface area contributed by atoms with Crippen molar-refractivity contribution >= 4 is 22.9 Å². The van der Waals surface area contributed by atoms with E-state index < -0.39 is 4.92 Å². The zero-order chi connectivity index (χ0) is 15.0. The van der Waals surface area contributed by atoms with E-state index in [1.165, 1.54) is 12.1 Å². The number of nitro benzene ring substituents is 1. The molecule has 0 aliphatic rings. The summed E-state index contributed by atoms with van der Waals surface area (Å²) >= 11 is 5.80. The van der Waals surface area contributed by atoms with Gasteiger partial charge in [0.25, 0.3) is 5.69 Å². The zero-order valence-corrected chi connectivity index (χ0v) is 11.2. The molecule has 0 spiro atoms. The summed E-state index contributed by atoms with van der Waals surface area (Å²) in [5.41, 5.74) is 1.03. The Labute approximate surface area is 123 Å². The number of aromatic nitrogens is 3. The Kier molecular flexibility index (Phi) is 3.01. The Hall–Kier alpha value is -2.98. The summed E-state index contributed by atoms with van der Waals surface area (Å²) in [6, 6.07) is 9.48. The molecular weight excluding hydrogens is 294 g/mol. The van der Waals surface area contributed by atoms with Gasteiger partial charge in [0.05, 0.1) is 22.1 Å². The van der Waals surface area contributed by atoms with Crippen molar-refractivity contribution in [3.63, 3.8) is 0 Å². The highest BCUT2D eigenvalue weighted by Crippen LogP contribution is 2.31. The van der Waals surface area contributed by atoms with E-state index in [9.17, 15) is 10.1 Å². The predicted molar refractivity (Wildman–Crippen MR) is 74.8 cm³/mol. The summed E-state index contributed by atoms with van der Waals surface area (Å²) in [5.74, 6) is 0.317. The molecule has 0 saturated heterocycles. The lowest BCUT2D eigenvalue weighted by molar-refractivity contribution is -0.384. The van der Waals surface area contributed by atoms with Crippen molar-refractivity contribution < 1.29 is 4.92 Å². The first kappa shape index (κ1) is 13.0. The third-order valence-electron chi connectivity index (χ3n) is 2.94. The van der Waals surface area contributed by atoms with Gasteiger partial charge in [-0.3, -0.25) is 14.5 Å². The Morgan fingerprint density at radius 3 is 2.81 bits per heavy atom. The topological polar surface area (TPSA) is 97.1 Å². The third-order valence-corrected chi connectivity index (χ3v) is 3.17. The molecule has 0 aliphatic carbocycles. The van der Waals surface area contributed by atoms with Gasteiger partial charge in [0, 0.05) is 23.4 Å². The maximum absolute atomic E-state index is 11.2. The first-order valence-electron chi connectivity index (χ1n) is 5.79. The van der Waals surface area contributed by atoms with E-state index in [1.807, 2.05) is 6.07 Å². The lowest BCUT2D eigenvalue weighted by Gasteiger charge is -2.02. The minimum Gasteiger partial charge on any atom is -0.282 e. The molecule has 8 heteroatoms. The number of halogens is 1. The van der Waals surface area contributed by atoms with E-state index in [0.29, 0.717) is 22.6 Å². The predicted octanol–water partition coefficient (Wildman–Crippen LogP) is 2.83. The molecule has 2 heterocycles. The standard InChI is InChI=1S/C13H6ClN5O2/c14-9-1-2-10(11(6-9)19(20)21)13-17-16-12-5-8(7-15)3-4-18(12)13/h1-6H. The van der Waals surface area contributed by atoms with Crippen LogP contribution in [0.2, 0.25) is 5.02 Å². The van der Waals surface area contributed by atoms with Crippen LogP contribution in [0.4, 0.5) is 5.69 Å². The summed E-state index contributed by atoms with van der Waals surface area (Å²) in [6.07, 6.45) is 1.60. The average molecular weight is 300 g/mol. The smallest absolute Gasteiger partial charge is 0.281 e. The molecule has 0 fully saturated rings. The van der Waals surface area contributed by atoms with Crippen LogP contribution in [0.25, 0.3) is 17.0 Å². The van der Waals surface area contributed by atoms with Gasteiger partial charge in [-0.15, -0.1) is 10.2 Å². The molecule has 0 N–H and O–H groups in total. The van der Waals surface area contributed by atoms with E-state index in [4.69, 9.17) is 16.9 Å². The second-order valence-electron chi connectivity index (χ2n) is 4.20. The first-order chi connectivity index (χ1) is 10.1. The highest BCUT2D eigenvalue weighted by atomic mass is 35.5. The van der Waals surface area contributed by atoms with Crippen molar-refractivity contribution in [1.82, 2.24) is 14.6 Å². The number of hydrogen-bond acceptors (Lipinski definition) is 5. The summed E-state index contributed by atoms with van der Waals surface area (Å²) in [7, 11) is 0. The fraction of sp³-hybridized carbons (Fsp3) is 0. The van der Waals surface area contributed by atoms with Crippen LogP contribution in [0.15, 0.2) is 36.5 Å². The molecule has 0 bridgehead atoms. The Bertz CT molecular complexity index is 913. The molecule has 102 valence electrons. The summed E-state index contributed by atoms with van der Waals surface area (Å²) < 4.78 is 1.58. The number of fused-ring (bicyclic) bond motifs is 1. The second-order valence-corrected chi connectivity index (χ2v) is 4.63. The van der Waals surface area contributed by atoms with Gasteiger partial charge in [0.15, 0.2) is 11.5 Å². The number of rotatable bonds is 2. The lowest BCUT2D eigenvalue weighted by atomic mass is 10.1. The highest BCUT2D eigenvalue weighted by molar-refractivity contribution is 6.30. The van der Waals surface area contributed by atoms with Crippen LogP contribution in [0.5, 0.6) is 0 Å². The van der Waals surface area contributed by atoms with E-state index in [1.54, 1.807) is 28.8 Å². The Morgan fingerprint density at radius 1 is 1.29 bits per heavy atom. The number of benzene rings is 1. The van der Waals surface area contributed by atoms with E-state index >= 15 is 0 Å². The van der Waals surface area contributed by atoms with Gasteiger partial charge in [0.2, 0.25) is 0 Å². The minimum atomic E-state index is -0.522. The van der Waals surface area contributed by atoms with Crippen LogP contribution < -0.4 is 0 Å². The summed E-state index contributed by atoms with van der Waals surface area (Å²) in [5, 5.41) is 28.2. The van der Waals surface area contributed by atoms with Crippen LogP contribution in [-0.2, 0) is 0 Å². The van der Waals surface area contributed by atoms with Crippen molar-refractivity contribution in [2.75, 3.05) is 0 Å². The van der Waals surface area contributed by atoms with Crippen molar-refractivity contribution in [2.24, 2.45) is 0 Å². The van der Waals surface area contributed by atoms with E-state index in [-0.39, 0.29) is 10.7 Å². The first-order valence-corrected chi connectivity index (χ1v) is 6.17. The monoisotopic (exact) mass is 299 g/mol. The van der Waals surface area contributed by atoms with Gasteiger partial charge in [-0.25, -0.2) is 0 Å². The summed E-state index contributed by atoms with van der Waals surface area (Å²) in [4.78, 5) is 10.6. The van der Waals surface area contributed by atoms with Crippen molar-refractivity contribution in [2.45, 2.75) is 0 Å². The van der Waals surface area contributed by atoms with Gasteiger partial charge in [-0.1, -0.05) is 11.6 Å². The maximum Gasteiger partial charge on any atom is 0.281 e. The molecule has 3 aromatic rings. The number of hydrogen-bond donors (Lipinski definition) is 0. The molecule has 1 aromatic carbocycles. The summed E-state index contributed by atoms with van der Waals surface area (Å²) in [6.45, 7) is 0. The van der Waals surface area contributed by atoms with Crippen molar-refractivity contribution in [1.29, 1.82) is 5.26 Å². The fourth-order valence-electron chi connectivity index (χ4n) is 1.99. The molecule has 3 rings (SSSR count). The van der Waals surface area contributed by atoms with Gasteiger partial charge in [-0.05, 0) is 18.2 Å². The SMILES string of the molecule is N#Cc1ccn2c(-c3ccc(Cl)cc3[N+](=O)[O-])nnc2c1. The number of pyridine rings is 1. The van der Waals surface area contributed by atoms with E-state index in [2.05, 4.69) is 10.2 Å². The molecule has 2 aromatic heterocycles. The molecule has 0 saturated carbocycles. The molecule has 0 radical (unpaired) electrons. The normalized spacial score (nSPS) is 10.5. The molecule has 0 unspecified atom stereocenters. The van der Waals surface area contributed by atoms with E-state index in [0.717, 1.165) is 0 Å². The third kappa shape index (κ3) is 2.17. The lowest BCUT2D eigenvalue weighted by Crippen LogP contribution is -1.96. The van der Waals surface area contributed by atoms with Crippen LogP contribution in [0.1, 0.15) is 5.56 Å². The Balaban J connectivity index is 2.27. The zero-order valence-electron chi connectivity index (χ0n) is 10.4. The molecule has 0 amide bonds. The number of nitriles is 1. The molecule has 0 atom stereocenters. The molecule has 0 aliphatic heterocycles. The van der Waals surface area contributed by atoms with Crippen molar-refractivity contribution in [3.8, 4) is 17.5 Å². The highest BCUT2D eigenvalue weighted by Gasteiger charge is 2.20. The van der Waals surface area contributed by atoms with Crippen LogP contribution >= 0.6 is 11.6 Å². The average Bonchev–Trinajstić information content (AvgIpc) is 2.89. The van der Waals surface area contributed by atoms with Crippen LogP contribution in [0.3, 0.4) is 0 Å². The maximum atomic E-state index is 11.2. The van der Waals surface area contributed by atoms with Gasteiger partial charge >= 0.3 is 0 Å². The fourth-order valence-corrected chi connectivity index (χ4v) is 2.16. The van der Waals surface area contributed by atoms with Gasteiger partial charge < -0.3 is 0 Å². The molecule has 21 heavy (non-hydrogen) atoms. The minimum absolute atomic E-state index is 0.152. The number of nitro groups is 1. The number of nitrogens with zero attached hydrogens (tertiary/aromatic N) is 5.